The molecule has 3 unspecified atom stereocenters. The first kappa shape index (κ1) is 58.2. The largest absolute Gasteiger partial charge is 0.472 e. The van der Waals surface area contributed by atoms with Crippen LogP contribution in [0.1, 0.15) is 162 Å². The Balaban J connectivity index is 4.27. The summed E-state index contributed by atoms with van der Waals surface area (Å²) in [5.74, 6) is -0.207. The molecular formula is C52H90N2O6P+. The highest BCUT2D eigenvalue weighted by molar-refractivity contribution is 7.47. The van der Waals surface area contributed by atoms with Crippen LogP contribution in [0.15, 0.2) is 109 Å². The molecule has 0 rings (SSSR count). The second kappa shape index (κ2) is 42.5. The van der Waals surface area contributed by atoms with Gasteiger partial charge in [-0.05, 0) is 89.9 Å². The summed E-state index contributed by atoms with van der Waals surface area (Å²) in [5.41, 5.74) is 0. The zero-order valence-electron chi connectivity index (χ0n) is 39.4. The fraction of sp³-hybridized carbons (Fsp3) is 0.635. The molecule has 0 fully saturated rings. The summed E-state index contributed by atoms with van der Waals surface area (Å²) in [7, 11) is 1.52. The molecule has 3 N–H and O–H groups in total. The highest BCUT2D eigenvalue weighted by Crippen LogP contribution is 2.43. The fourth-order valence-electron chi connectivity index (χ4n) is 5.98. The summed E-state index contributed by atoms with van der Waals surface area (Å²) in [6.07, 6.45) is 61.8. The van der Waals surface area contributed by atoms with Crippen LogP contribution >= 0.6 is 7.82 Å². The third-order valence-corrected chi connectivity index (χ3v) is 10.7. The quantitative estimate of drug-likeness (QED) is 0.0245. The summed E-state index contributed by atoms with van der Waals surface area (Å²) >= 11 is 0. The number of carbonyl (C=O) groups is 1. The zero-order valence-corrected chi connectivity index (χ0v) is 40.2. The second-order valence-electron chi connectivity index (χ2n) is 16.7. The lowest BCUT2D eigenvalue weighted by atomic mass is 10.1. The number of quaternary nitrogens is 1. The fourth-order valence-corrected chi connectivity index (χ4v) is 6.71. The zero-order chi connectivity index (χ0) is 45.0. The third kappa shape index (κ3) is 45.0. The van der Waals surface area contributed by atoms with Crippen molar-refractivity contribution >= 4 is 13.7 Å². The van der Waals surface area contributed by atoms with Gasteiger partial charge in [-0.3, -0.25) is 13.8 Å². The monoisotopic (exact) mass is 870 g/mol. The van der Waals surface area contributed by atoms with Crippen LogP contribution in [0.25, 0.3) is 0 Å². The number of hydrogen-bond acceptors (Lipinski definition) is 5. The van der Waals surface area contributed by atoms with E-state index in [1.165, 1.54) is 44.9 Å². The van der Waals surface area contributed by atoms with E-state index in [0.29, 0.717) is 17.4 Å². The molecule has 9 heteroatoms. The average Bonchev–Trinajstić information content (AvgIpc) is 3.21. The van der Waals surface area contributed by atoms with Crippen molar-refractivity contribution in [1.82, 2.24) is 5.32 Å². The Morgan fingerprint density at radius 2 is 1.00 bits per heavy atom. The van der Waals surface area contributed by atoms with Crippen LogP contribution in [0.2, 0.25) is 0 Å². The molecule has 0 aliphatic rings. The number of unbranched alkanes of at least 4 members (excludes halogenated alkanes) is 12. The van der Waals surface area contributed by atoms with E-state index in [1.54, 1.807) is 6.08 Å². The predicted molar refractivity (Wildman–Crippen MR) is 262 cm³/mol. The number of nitrogens with one attached hydrogen (secondary N) is 1. The molecule has 348 valence electrons. The number of aliphatic hydroxyl groups is 1. The van der Waals surface area contributed by atoms with Crippen LogP contribution < -0.4 is 5.32 Å². The Bertz CT molecular complexity index is 1350. The predicted octanol–water partition coefficient (Wildman–Crippen LogP) is 13.7. The van der Waals surface area contributed by atoms with Gasteiger partial charge in [0.15, 0.2) is 0 Å². The van der Waals surface area contributed by atoms with Crippen LogP contribution in [0.3, 0.4) is 0 Å². The Hall–Kier alpha value is -2.84. The smallest absolute Gasteiger partial charge is 0.387 e. The van der Waals surface area contributed by atoms with E-state index in [0.717, 1.165) is 96.3 Å². The summed E-state index contributed by atoms with van der Waals surface area (Å²) < 4.78 is 23.5. The molecule has 0 radical (unpaired) electrons. The van der Waals surface area contributed by atoms with E-state index in [1.807, 2.05) is 27.2 Å². The van der Waals surface area contributed by atoms with E-state index in [4.69, 9.17) is 9.05 Å². The van der Waals surface area contributed by atoms with E-state index in [9.17, 15) is 19.4 Å². The highest BCUT2D eigenvalue weighted by atomic mass is 31.2. The number of carbonyl (C=O) groups excluding carboxylic acids is 1. The van der Waals surface area contributed by atoms with Crippen LogP contribution in [0.4, 0.5) is 0 Å². The van der Waals surface area contributed by atoms with Crippen molar-refractivity contribution in [3.63, 3.8) is 0 Å². The minimum atomic E-state index is -4.35. The first-order valence-electron chi connectivity index (χ1n) is 23.8. The van der Waals surface area contributed by atoms with Crippen LogP contribution in [0.5, 0.6) is 0 Å². The van der Waals surface area contributed by atoms with Crippen LogP contribution in [-0.2, 0) is 18.4 Å². The maximum Gasteiger partial charge on any atom is 0.472 e. The Morgan fingerprint density at radius 3 is 1.51 bits per heavy atom. The topological polar surface area (TPSA) is 105 Å². The minimum Gasteiger partial charge on any atom is -0.387 e. The van der Waals surface area contributed by atoms with Gasteiger partial charge in [-0.1, -0.05) is 175 Å². The van der Waals surface area contributed by atoms with Gasteiger partial charge < -0.3 is 19.8 Å². The van der Waals surface area contributed by atoms with Gasteiger partial charge >= 0.3 is 7.82 Å². The van der Waals surface area contributed by atoms with Crippen molar-refractivity contribution in [2.24, 2.45) is 0 Å². The van der Waals surface area contributed by atoms with Gasteiger partial charge in [0.05, 0.1) is 39.9 Å². The number of nitrogens with zero attached hydrogens (tertiary/aromatic N) is 1. The van der Waals surface area contributed by atoms with Crippen molar-refractivity contribution in [2.45, 2.75) is 174 Å². The first-order chi connectivity index (χ1) is 29.5. The molecule has 0 aliphatic carbocycles. The molecule has 0 aromatic carbocycles. The molecule has 0 saturated carbocycles. The highest BCUT2D eigenvalue weighted by Gasteiger charge is 2.27. The minimum absolute atomic E-state index is 0.0473. The maximum absolute atomic E-state index is 12.9. The summed E-state index contributed by atoms with van der Waals surface area (Å²) in [6.45, 7) is 4.60. The summed E-state index contributed by atoms with van der Waals surface area (Å²) in [6, 6.07) is -0.875. The molecule has 0 aromatic heterocycles. The molecule has 0 aliphatic heterocycles. The lowest BCUT2D eigenvalue weighted by Gasteiger charge is -2.25. The lowest BCUT2D eigenvalue weighted by Crippen LogP contribution is -2.45. The first-order valence-corrected chi connectivity index (χ1v) is 25.3. The van der Waals surface area contributed by atoms with Crippen molar-refractivity contribution in [3.8, 4) is 0 Å². The number of hydrogen-bond donors (Lipinski definition) is 3. The number of likely N-dealkylation sites (N-methyl/N-ethyl adjacent to an activating group) is 1. The van der Waals surface area contributed by atoms with Gasteiger partial charge in [-0.2, -0.15) is 0 Å². The maximum atomic E-state index is 12.9. The molecule has 0 spiro atoms. The number of phosphoric ester groups is 1. The van der Waals surface area contributed by atoms with E-state index < -0.39 is 20.0 Å². The Kier molecular flexibility index (Phi) is 40.5. The molecule has 0 saturated heterocycles. The summed E-state index contributed by atoms with van der Waals surface area (Å²) in [4.78, 5) is 23.1. The number of amides is 1. The molecule has 61 heavy (non-hydrogen) atoms. The van der Waals surface area contributed by atoms with E-state index >= 15 is 0 Å². The summed E-state index contributed by atoms with van der Waals surface area (Å²) in [5, 5.41) is 13.8. The SMILES string of the molecule is CC/C=C\C/C=C\C/C=C\C/C=C\C/C=C\C/C=C\C/C=C\CCCCCCCCCC(=O)NC(COP(=O)(O)OCC[N+](C)(C)C)C(O)/C=C/CC/C=C/CCCCCC. The van der Waals surface area contributed by atoms with E-state index in [2.05, 4.69) is 116 Å². The van der Waals surface area contributed by atoms with E-state index in [-0.39, 0.29) is 19.1 Å². The van der Waals surface area contributed by atoms with Gasteiger partial charge in [-0.15, -0.1) is 0 Å². The molecular weight excluding hydrogens is 780 g/mol. The number of rotatable bonds is 41. The number of allylic oxidation sites excluding steroid dienone is 17. The van der Waals surface area contributed by atoms with Gasteiger partial charge in [0.25, 0.3) is 0 Å². The Morgan fingerprint density at radius 1 is 0.574 bits per heavy atom. The van der Waals surface area contributed by atoms with Crippen molar-refractivity contribution < 1.29 is 32.9 Å². The molecule has 0 heterocycles. The molecule has 3 atom stereocenters. The third-order valence-electron chi connectivity index (χ3n) is 9.73. The van der Waals surface area contributed by atoms with Crippen molar-refractivity contribution in [2.75, 3.05) is 40.9 Å². The average molecular weight is 870 g/mol. The molecule has 1 amide bonds. The lowest BCUT2D eigenvalue weighted by molar-refractivity contribution is -0.870. The van der Waals surface area contributed by atoms with Gasteiger partial charge in [0.1, 0.15) is 13.2 Å². The van der Waals surface area contributed by atoms with Gasteiger partial charge in [-0.25, -0.2) is 4.57 Å². The van der Waals surface area contributed by atoms with Crippen molar-refractivity contribution in [1.29, 1.82) is 0 Å². The second-order valence-corrected chi connectivity index (χ2v) is 18.2. The molecule has 0 bridgehead atoms. The van der Waals surface area contributed by atoms with Gasteiger partial charge in [0.2, 0.25) is 5.91 Å². The number of phosphoric acid groups is 1. The normalized spacial score (nSPS) is 15.2. The molecule has 8 nitrogen and oxygen atoms in total. The van der Waals surface area contributed by atoms with Crippen LogP contribution in [0, 0.1) is 0 Å². The van der Waals surface area contributed by atoms with Crippen LogP contribution in [-0.4, -0.2) is 73.4 Å². The van der Waals surface area contributed by atoms with Gasteiger partial charge in [0, 0.05) is 6.42 Å². The number of aliphatic hydroxyl groups excluding tert-OH is 1. The molecule has 0 aromatic rings. The standard InChI is InChI=1S/C52H89N2O6P/c1-6-8-10-12-14-16-18-19-20-21-22-23-24-25-26-27-28-29-30-31-32-33-34-35-36-38-40-42-44-46-52(56)53-50(49-60-61(57,58)59-48-47-54(3,4)5)51(55)45-43-41-39-37-17-15-13-11-9-7-2/h8,10,14,16-17,19-20,22-23,25-26,28-29,31-32,37,43,45,50-51,55H,6-7,9,11-13,15,18,21,24,27,30,33-36,38-42,44,46-49H2,1-5H3,(H-,53,56,57,58)/p+1/b10-8-,16-14-,20-19-,23-22-,26-25-,29-28-,32-31-,37-17+,45-43+. The Labute approximate surface area is 374 Å². The van der Waals surface area contributed by atoms with Crippen molar-refractivity contribution in [3.05, 3.63) is 109 Å².